The Kier molecular flexibility index (Phi) is 4.82. The Morgan fingerprint density at radius 2 is 1.94 bits per heavy atom. The number of amides is 2. The van der Waals surface area contributed by atoms with Gasteiger partial charge in [-0.15, -0.1) is 0 Å². The number of hydrogen-bond donors (Lipinski definition) is 4. The second-order valence-corrected chi connectivity index (χ2v) is 3.41. The summed E-state index contributed by atoms with van der Waals surface area (Å²) in [6.45, 7) is -0.408. The summed E-state index contributed by atoms with van der Waals surface area (Å²) in [6.07, 6.45) is 0. The van der Waals surface area contributed by atoms with Crippen molar-refractivity contribution in [1.29, 1.82) is 0 Å². The smallest absolute Gasteiger partial charge is 0.335 e. The van der Waals surface area contributed by atoms with Gasteiger partial charge in [-0.1, -0.05) is 6.07 Å². The molecule has 7 nitrogen and oxygen atoms in total. The molecule has 7 heteroatoms. The summed E-state index contributed by atoms with van der Waals surface area (Å²) in [7, 11) is 0. The number of carboxylic acids is 1. The second-order valence-electron chi connectivity index (χ2n) is 3.41. The first-order valence-corrected chi connectivity index (χ1v) is 5.13. The van der Waals surface area contributed by atoms with Crippen molar-refractivity contribution >= 4 is 23.5 Å². The minimum atomic E-state index is -1.08. The number of carboxylic acid groups (broad SMARTS) is 1. The van der Waals surface area contributed by atoms with Crippen LogP contribution in [0.15, 0.2) is 24.3 Å². The lowest BCUT2D eigenvalue weighted by molar-refractivity contribution is -0.123. The molecule has 0 atom stereocenters. The normalized spacial score (nSPS) is 9.61. The van der Waals surface area contributed by atoms with E-state index in [4.69, 9.17) is 10.8 Å². The molecule has 0 aliphatic heterocycles. The molecule has 0 saturated carbocycles. The first kappa shape index (κ1) is 13.7. The van der Waals surface area contributed by atoms with Gasteiger partial charge >= 0.3 is 5.97 Å². The van der Waals surface area contributed by atoms with Crippen molar-refractivity contribution in [3.8, 4) is 0 Å². The Hall–Kier alpha value is -2.41. The first-order chi connectivity index (χ1) is 8.52. The highest BCUT2D eigenvalue weighted by molar-refractivity contribution is 5.96. The fourth-order valence-electron chi connectivity index (χ4n) is 1.19. The van der Waals surface area contributed by atoms with Gasteiger partial charge in [0.2, 0.25) is 11.8 Å². The van der Waals surface area contributed by atoms with E-state index in [0.29, 0.717) is 5.69 Å². The van der Waals surface area contributed by atoms with Crippen LogP contribution in [0.4, 0.5) is 5.69 Å². The Morgan fingerprint density at radius 3 is 2.56 bits per heavy atom. The highest BCUT2D eigenvalue weighted by Gasteiger charge is 2.07. The summed E-state index contributed by atoms with van der Waals surface area (Å²) in [6, 6.07) is 5.80. The van der Waals surface area contributed by atoms with Gasteiger partial charge in [0.15, 0.2) is 0 Å². The molecule has 0 spiro atoms. The average Bonchev–Trinajstić information content (AvgIpc) is 2.36. The molecule has 0 aliphatic carbocycles. The van der Waals surface area contributed by atoms with Crippen molar-refractivity contribution in [2.75, 3.05) is 18.4 Å². The number of benzene rings is 1. The lowest BCUT2D eigenvalue weighted by atomic mass is 10.2. The van der Waals surface area contributed by atoms with E-state index in [1.165, 1.54) is 18.2 Å². The highest BCUT2D eigenvalue weighted by atomic mass is 16.4. The van der Waals surface area contributed by atoms with E-state index >= 15 is 0 Å². The maximum atomic E-state index is 11.4. The summed E-state index contributed by atoms with van der Waals surface area (Å²) < 4.78 is 0. The number of anilines is 1. The molecule has 0 aromatic heterocycles. The predicted molar refractivity (Wildman–Crippen MR) is 64.1 cm³/mol. The fourth-order valence-corrected chi connectivity index (χ4v) is 1.19. The average molecular weight is 251 g/mol. The zero-order valence-corrected chi connectivity index (χ0v) is 9.47. The molecule has 0 radical (unpaired) electrons. The molecule has 0 unspecified atom stereocenters. The lowest BCUT2D eigenvalue weighted by Gasteiger charge is -2.06. The molecule has 5 N–H and O–H groups in total. The first-order valence-electron chi connectivity index (χ1n) is 5.13. The Bertz CT molecular complexity index is 473. The van der Waals surface area contributed by atoms with Gasteiger partial charge in [0.25, 0.3) is 0 Å². The number of nitrogens with two attached hydrogens (primary N) is 1. The van der Waals surface area contributed by atoms with Gasteiger partial charge in [-0.05, 0) is 18.2 Å². The van der Waals surface area contributed by atoms with Gasteiger partial charge in [-0.2, -0.15) is 0 Å². The van der Waals surface area contributed by atoms with Crippen molar-refractivity contribution in [3.63, 3.8) is 0 Å². The molecule has 0 heterocycles. The maximum absolute atomic E-state index is 11.4. The molecule has 18 heavy (non-hydrogen) atoms. The van der Waals surface area contributed by atoms with E-state index in [-0.39, 0.29) is 18.7 Å². The van der Waals surface area contributed by atoms with Crippen molar-refractivity contribution in [2.45, 2.75) is 0 Å². The van der Waals surface area contributed by atoms with Crippen LogP contribution in [0.5, 0.6) is 0 Å². The number of carbonyl (C=O) groups excluding carboxylic acids is 2. The molecule has 1 aromatic rings. The van der Waals surface area contributed by atoms with Crippen molar-refractivity contribution in [1.82, 2.24) is 5.32 Å². The third kappa shape index (κ3) is 4.22. The van der Waals surface area contributed by atoms with E-state index in [9.17, 15) is 14.4 Å². The summed E-state index contributed by atoms with van der Waals surface area (Å²) >= 11 is 0. The zero-order valence-electron chi connectivity index (χ0n) is 9.47. The zero-order chi connectivity index (χ0) is 13.5. The van der Waals surface area contributed by atoms with Crippen LogP contribution in [0.3, 0.4) is 0 Å². The summed E-state index contributed by atoms with van der Waals surface area (Å²) in [4.78, 5) is 32.9. The van der Waals surface area contributed by atoms with Crippen molar-refractivity contribution in [3.05, 3.63) is 29.8 Å². The Balaban J connectivity index is 2.56. The van der Waals surface area contributed by atoms with Crippen LogP contribution in [0, 0.1) is 0 Å². The van der Waals surface area contributed by atoms with Crippen LogP contribution >= 0.6 is 0 Å². The lowest BCUT2D eigenvalue weighted by Crippen LogP contribution is -2.36. The third-order valence-electron chi connectivity index (χ3n) is 2.02. The summed E-state index contributed by atoms with van der Waals surface area (Å²) in [5.74, 6) is -1.98. The van der Waals surface area contributed by atoms with Crippen LogP contribution in [0.25, 0.3) is 0 Å². The minimum Gasteiger partial charge on any atom is -0.478 e. The maximum Gasteiger partial charge on any atom is 0.335 e. The van der Waals surface area contributed by atoms with E-state index in [0.717, 1.165) is 0 Å². The van der Waals surface area contributed by atoms with Gasteiger partial charge in [0.05, 0.1) is 18.7 Å². The van der Waals surface area contributed by atoms with Gasteiger partial charge in [-0.25, -0.2) is 4.79 Å². The van der Waals surface area contributed by atoms with Gasteiger partial charge in [0, 0.05) is 5.69 Å². The summed E-state index contributed by atoms with van der Waals surface area (Å²) in [5, 5.41) is 13.5. The molecule has 1 aromatic carbocycles. The Morgan fingerprint density at radius 1 is 1.22 bits per heavy atom. The van der Waals surface area contributed by atoms with Gasteiger partial charge < -0.3 is 21.5 Å². The monoisotopic (exact) mass is 251 g/mol. The van der Waals surface area contributed by atoms with E-state index in [1.54, 1.807) is 6.07 Å². The summed E-state index contributed by atoms with van der Waals surface area (Å²) in [5.41, 5.74) is 5.47. The molecule has 0 saturated heterocycles. The van der Waals surface area contributed by atoms with Gasteiger partial charge in [-0.3, -0.25) is 9.59 Å². The topological polar surface area (TPSA) is 122 Å². The van der Waals surface area contributed by atoms with E-state index in [2.05, 4.69) is 10.6 Å². The van der Waals surface area contributed by atoms with Crippen molar-refractivity contribution in [2.24, 2.45) is 5.73 Å². The molecule has 0 fully saturated rings. The molecule has 1 rings (SSSR count). The van der Waals surface area contributed by atoms with Crippen LogP contribution in [-0.4, -0.2) is 36.0 Å². The van der Waals surface area contributed by atoms with E-state index < -0.39 is 17.8 Å². The molecular weight excluding hydrogens is 238 g/mol. The standard InChI is InChI=1S/C11H13N3O4/c12-5-9(15)13-6-10(16)14-8-3-1-2-7(4-8)11(17)18/h1-4H,5-6,12H2,(H,13,15)(H,14,16)(H,17,18). The third-order valence-corrected chi connectivity index (χ3v) is 2.02. The molecule has 2 amide bonds. The van der Waals surface area contributed by atoms with Crippen LogP contribution in [0.2, 0.25) is 0 Å². The van der Waals surface area contributed by atoms with Crippen LogP contribution in [-0.2, 0) is 9.59 Å². The largest absolute Gasteiger partial charge is 0.478 e. The quantitative estimate of drug-likeness (QED) is 0.556. The second kappa shape index (κ2) is 6.36. The Labute approximate surface area is 103 Å². The molecule has 0 aliphatic rings. The van der Waals surface area contributed by atoms with E-state index in [1.807, 2.05) is 0 Å². The van der Waals surface area contributed by atoms with Crippen LogP contribution < -0.4 is 16.4 Å². The number of rotatable bonds is 5. The van der Waals surface area contributed by atoms with Crippen LogP contribution in [0.1, 0.15) is 10.4 Å². The minimum absolute atomic E-state index is 0.0683. The number of carbonyl (C=O) groups is 3. The van der Waals surface area contributed by atoms with Crippen molar-refractivity contribution < 1.29 is 19.5 Å². The number of nitrogens with one attached hydrogen (secondary N) is 2. The number of aromatic carboxylic acids is 1. The number of hydrogen-bond acceptors (Lipinski definition) is 4. The fraction of sp³-hybridized carbons (Fsp3) is 0.182. The predicted octanol–water partition coefficient (Wildman–Crippen LogP) is -0.602. The molecule has 96 valence electrons. The molecular formula is C11H13N3O4. The highest BCUT2D eigenvalue weighted by Crippen LogP contribution is 2.10. The molecule has 0 bridgehead atoms. The SMILES string of the molecule is NCC(=O)NCC(=O)Nc1cccc(C(=O)O)c1. The van der Waals surface area contributed by atoms with Gasteiger partial charge in [0.1, 0.15) is 0 Å².